The summed E-state index contributed by atoms with van der Waals surface area (Å²) in [5.41, 5.74) is 8.00. The van der Waals surface area contributed by atoms with Crippen LogP contribution in [0, 0.1) is 6.92 Å². The maximum atomic E-state index is 12.1. The number of anilines is 2. The van der Waals surface area contributed by atoms with Crippen LogP contribution >= 0.6 is 15.9 Å². The van der Waals surface area contributed by atoms with E-state index in [0.717, 1.165) is 5.56 Å². The zero-order chi connectivity index (χ0) is 14.0. The van der Waals surface area contributed by atoms with Gasteiger partial charge in [0.25, 0.3) is 5.91 Å². The SMILES string of the molecule is Cc1ccc(N)cc1NC(=O)c1ccc(Br)cc1O. The molecule has 19 heavy (non-hydrogen) atoms. The van der Waals surface area contributed by atoms with E-state index >= 15 is 0 Å². The van der Waals surface area contributed by atoms with E-state index in [4.69, 9.17) is 5.73 Å². The number of amides is 1. The molecule has 0 unspecified atom stereocenters. The van der Waals surface area contributed by atoms with Crippen LogP contribution in [0.2, 0.25) is 0 Å². The topological polar surface area (TPSA) is 75.3 Å². The summed E-state index contributed by atoms with van der Waals surface area (Å²) >= 11 is 3.23. The van der Waals surface area contributed by atoms with Crippen molar-refractivity contribution in [2.45, 2.75) is 6.92 Å². The van der Waals surface area contributed by atoms with Gasteiger partial charge < -0.3 is 16.2 Å². The number of nitrogens with one attached hydrogen (secondary N) is 1. The largest absolute Gasteiger partial charge is 0.507 e. The van der Waals surface area contributed by atoms with Gasteiger partial charge in [0.1, 0.15) is 5.75 Å². The Morgan fingerprint density at radius 1 is 1.26 bits per heavy atom. The molecule has 0 radical (unpaired) electrons. The number of carbonyl (C=O) groups excluding carboxylic acids is 1. The van der Waals surface area contributed by atoms with Crippen LogP contribution in [0.25, 0.3) is 0 Å². The standard InChI is InChI=1S/C14H13BrN2O2/c1-8-2-4-10(16)7-12(8)17-14(19)11-5-3-9(15)6-13(11)18/h2-7,18H,16H2,1H3,(H,17,19). The summed E-state index contributed by atoms with van der Waals surface area (Å²) in [7, 11) is 0. The van der Waals surface area contributed by atoms with Crippen LogP contribution < -0.4 is 11.1 Å². The number of rotatable bonds is 2. The first-order valence-electron chi connectivity index (χ1n) is 5.63. The van der Waals surface area contributed by atoms with Crippen molar-refractivity contribution in [3.05, 3.63) is 52.0 Å². The van der Waals surface area contributed by atoms with Gasteiger partial charge in [0.2, 0.25) is 0 Å². The Balaban J connectivity index is 2.28. The van der Waals surface area contributed by atoms with Gasteiger partial charge in [-0.05, 0) is 42.8 Å². The van der Waals surface area contributed by atoms with Gasteiger partial charge in [-0.25, -0.2) is 0 Å². The Hall–Kier alpha value is -2.01. The number of phenolic OH excluding ortho intramolecular Hbond substituents is 1. The normalized spacial score (nSPS) is 10.2. The Morgan fingerprint density at radius 2 is 2.00 bits per heavy atom. The molecule has 0 atom stereocenters. The fourth-order valence-electron chi connectivity index (χ4n) is 1.66. The van der Waals surface area contributed by atoms with Crippen molar-refractivity contribution < 1.29 is 9.90 Å². The number of halogens is 1. The molecule has 2 rings (SSSR count). The lowest BCUT2D eigenvalue weighted by atomic mass is 10.1. The highest BCUT2D eigenvalue weighted by molar-refractivity contribution is 9.10. The number of aromatic hydroxyl groups is 1. The number of hydrogen-bond donors (Lipinski definition) is 3. The third-order valence-corrected chi connectivity index (χ3v) is 3.21. The Kier molecular flexibility index (Phi) is 3.76. The molecule has 0 aliphatic rings. The molecule has 0 aromatic heterocycles. The first-order valence-corrected chi connectivity index (χ1v) is 6.42. The molecule has 0 aliphatic carbocycles. The Labute approximate surface area is 119 Å². The molecule has 0 spiro atoms. The quantitative estimate of drug-likeness (QED) is 0.743. The summed E-state index contributed by atoms with van der Waals surface area (Å²) in [6.45, 7) is 1.87. The van der Waals surface area contributed by atoms with Crippen molar-refractivity contribution in [3.8, 4) is 5.75 Å². The zero-order valence-corrected chi connectivity index (χ0v) is 11.9. The van der Waals surface area contributed by atoms with E-state index in [2.05, 4.69) is 21.2 Å². The van der Waals surface area contributed by atoms with Crippen LogP contribution in [0.3, 0.4) is 0 Å². The highest BCUT2D eigenvalue weighted by Gasteiger charge is 2.12. The third kappa shape index (κ3) is 3.06. The summed E-state index contributed by atoms with van der Waals surface area (Å²) in [5.74, 6) is -0.452. The highest BCUT2D eigenvalue weighted by Crippen LogP contribution is 2.24. The molecule has 2 aromatic rings. The number of nitrogen functional groups attached to an aromatic ring is 1. The summed E-state index contributed by atoms with van der Waals surface area (Å²) in [6, 6.07) is 10.00. The van der Waals surface area contributed by atoms with Gasteiger partial charge >= 0.3 is 0 Å². The van der Waals surface area contributed by atoms with E-state index in [9.17, 15) is 9.90 Å². The molecule has 0 fully saturated rings. The van der Waals surface area contributed by atoms with Crippen molar-refractivity contribution >= 4 is 33.2 Å². The molecule has 2 aromatic carbocycles. The summed E-state index contributed by atoms with van der Waals surface area (Å²) in [5, 5.41) is 12.5. The minimum Gasteiger partial charge on any atom is -0.507 e. The molecule has 5 heteroatoms. The number of aryl methyl sites for hydroxylation is 1. The molecule has 1 amide bonds. The predicted octanol–water partition coefficient (Wildman–Crippen LogP) is 3.30. The lowest BCUT2D eigenvalue weighted by molar-refractivity contribution is 0.102. The van der Waals surface area contributed by atoms with Gasteiger partial charge in [0, 0.05) is 15.8 Å². The monoisotopic (exact) mass is 320 g/mol. The molecule has 4 nitrogen and oxygen atoms in total. The average Bonchev–Trinajstić information content (AvgIpc) is 2.33. The lowest BCUT2D eigenvalue weighted by Crippen LogP contribution is -2.13. The second-order valence-electron chi connectivity index (χ2n) is 4.19. The smallest absolute Gasteiger partial charge is 0.259 e. The fraction of sp³-hybridized carbons (Fsp3) is 0.0714. The van der Waals surface area contributed by atoms with Crippen LogP contribution in [0.5, 0.6) is 5.75 Å². The first-order chi connectivity index (χ1) is 8.97. The van der Waals surface area contributed by atoms with Crippen molar-refractivity contribution in [3.63, 3.8) is 0 Å². The Morgan fingerprint density at radius 3 is 2.68 bits per heavy atom. The molecule has 0 aliphatic heterocycles. The number of benzene rings is 2. The number of phenols is 1. The van der Waals surface area contributed by atoms with Crippen molar-refractivity contribution in [1.82, 2.24) is 0 Å². The minimum absolute atomic E-state index is 0.0755. The maximum Gasteiger partial charge on any atom is 0.259 e. The van der Waals surface area contributed by atoms with Crippen LogP contribution in [0.4, 0.5) is 11.4 Å². The van der Waals surface area contributed by atoms with Gasteiger partial charge in [-0.3, -0.25) is 4.79 Å². The van der Waals surface area contributed by atoms with Gasteiger partial charge in [0.05, 0.1) is 5.56 Å². The lowest BCUT2D eigenvalue weighted by Gasteiger charge is -2.10. The van der Waals surface area contributed by atoms with E-state index in [1.807, 2.05) is 13.0 Å². The number of nitrogens with two attached hydrogens (primary N) is 1. The molecule has 4 N–H and O–H groups in total. The fourth-order valence-corrected chi connectivity index (χ4v) is 2.01. The summed E-state index contributed by atoms with van der Waals surface area (Å²) < 4.78 is 0.710. The number of carbonyl (C=O) groups is 1. The molecular weight excluding hydrogens is 308 g/mol. The van der Waals surface area contributed by atoms with Crippen LogP contribution in [0.1, 0.15) is 15.9 Å². The van der Waals surface area contributed by atoms with E-state index < -0.39 is 0 Å². The van der Waals surface area contributed by atoms with Gasteiger partial charge in [-0.2, -0.15) is 0 Å². The molecule has 98 valence electrons. The van der Waals surface area contributed by atoms with E-state index in [0.29, 0.717) is 15.8 Å². The average molecular weight is 321 g/mol. The van der Waals surface area contributed by atoms with Gasteiger partial charge in [-0.15, -0.1) is 0 Å². The van der Waals surface area contributed by atoms with Crippen LogP contribution in [-0.2, 0) is 0 Å². The second kappa shape index (κ2) is 5.32. The third-order valence-electron chi connectivity index (χ3n) is 2.71. The van der Waals surface area contributed by atoms with Gasteiger partial charge in [-0.1, -0.05) is 22.0 Å². The second-order valence-corrected chi connectivity index (χ2v) is 5.11. The molecular formula is C14H13BrN2O2. The van der Waals surface area contributed by atoms with E-state index in [1.54, 1.807) is 24.3 Å². The van der Waals surface area contributed by atoms with E-state index in [-0.39, 0.29) is 17.2 Å². The summed E-state index contributed by atoms with van der Waals surface area (Å²) in [6.07, 6.45) is 0. The number of hydrogen-bond acceptors (Lipinski definition) is 3. The maximum absolute atomic E-state index is 12.1. The predicted molar refractivity (Wildman–Crippen MR) is 79.4 cm³/mol. The van der Waals surface area contributed by atoms with E-state index in [1.165, 1.54) is 6.07 Å². The minimum atomic E-state index is -0.376. The molecule has 0 saturated carbocycles. The molecule has 0 bridgehead atoms. The first kappa shape index (κ1) is 13.4. The molecule has 0 saturated heterocycles. The van der Waals surface area contributed by atoms with Crippen molar-refractivity contribution in [1.29, 1.82) is 0 Å². The van der Waals surface area contributed by atoms with Crippen molar-refractivity contribution in [2.75, 3.05) is 11.1 Å². The molecule has 0 heterocycles. The van der Waals surface area contributed by atoms with Crippen LogP contribution in [-0.4, -0.2) is 11.0 Å². The van der Waals surface area contributed by atoms with Crippen LogP contribution in [0.15, 0.2) is 40.9 Å². The Bertz CT molecular complexity index is 641. The zero-order valence-electron chi connectivity index (χ0n) is 10.3. The van der Waals surface area contributed by atoms with Gasteiger partial charge in [0.15, 0.2) is 0 Å². The highest BCUT2D eigenvalue weighted by atomic mass is 79.9. The van der Waals surface area contributed by atoms with Crippen molar-refractivity contribution in [2.24, 2.45) is 0 Å². The summed E-state index contributed by atoms with van der Waals surface area (Å²) in [4.78, 5) is 12.1.